The first-order valence-electron chi connectivity index (χ1n) is 5.03. The average molecular weight is 266 g/mol. The van der Waals surface area contributed by atoms with E-state index >= 15 is 0 Å². The zero-order chi connectivity index (χ0) is 10.5. The normalized spacial score (nSPS) is 10.2. The molecule has 0 amide bonds. The van der Waals surface area contributed by atoms with Crippen molar-refractivity contribution in [1.29, 1.82) is 0 Å². The number of para-hydroxylation sites is 1. The van der Waals surface area contributed by atoms with Gasteiger partial charge >= 0.3 is 95.1 Å². The number of aryl methyl sites for hydroxylation is 1. The predicted molar refractivity (Wildman–Crippen MR) is 62.7 cm³/mol. The molecular formula is C11H13N3Se. The Morgan fingerprint density at radius 3 is 2.73 bits per heavy atom. The molecule has 15 heavy (non-hydrogen) atoms. The van der Waals surface area contributed by atoms with E-state index in [-0.39, 0.29) is 0 Å². The molecule has 3 nitrogen and oxygen atoms in total. The third-order valence-electron chi connectivity index (χ3n) is 1.96. The van der Waals surface area contributed by atoms with Crippen LogP contribution in [0.25, 0.3) is 0 Å². The number of rotatable bonds is 4. The second-order valence-corrected chi connectivity index (χ2v) is 5.47. The summed E-state index contributed by atoms with van der Waals surface area (Å²) in [6.07, 6.45) is 2.22. The van der Waals surface area contributed by atoms with Crippen LogP contribution >= 0.6 is 0 Å². The number of nitrogens with zero attached hydrogens (tertiary/aromatic N) is 2. The van der Waals surface area contributed by atoms with Crippen molar-refractivity contribution < 1.29 is 0 Å². The van der Waals surface area contributed by atoms with Gasteiger partial charge in [0.25, 0.3) is 0 Å². The Bertz CT molecular complexity index is 411. The Morgan fingerprint density at radius 1 is 1.20 bits per heavy atom. The molecule has 2 rings (SSSR count). The van der Waals surface area contributed by atoms with Crippen molar-refractivity contribution in [3.05, 3.63) is 34.9 Å². The summed E-state index contributed by atoms with van der Waals surface area (Å²) in [5.41, 5.74) is 1.09. The Balaban J connectivity index is 2.05. The summed E-state index contributed by atoms with van der Waals surface area (Å²) in [4.78, 5) is 0. The van der Waals surface area contributed by atoms with E-state index in [2.05, 4.69) is 22.4 Å². The van der Waals surface area contributed by atoms with Crippen molar-refractivity contribution in [3.63, 3.8) is 0 Å². The van der Waals surface area contributed by atoms with E-state index in [9.17, 15) is 0 Å². The van der Waals surface area contributed by atoms with Crippen LogP contribution in [0.15, 0.2) is 30.3 Å². The summed E-state index contributed by atoms with van der Waals surface area (Å²) in [5.74, 6) is 0. The van der Waals surface area contributed by atoms with Gasteiger partial charge in [0.05, 0.1) is 0 Å². The fraction of sp³-hybridized carbons (Fsp3) is 0.273. The molecule has 0 saturated heterocycles. The van der Waals surface area contributed by atoms with Gasteiger partial charge in [-0.2, -0.15) is 0 Å². The predicted octanol–water partition coefficient (Wildman–Crippen LogP) is 2.23. The van der Waals surface area contributed by atoms with Gasteiger partial charge in [0.1, 0.15) is 0 Å². The Hall–Kier alpha value is -1.12. The van der Waals surface area contributed by atoms with Crippen LogP contribution in [0.2, 0.25) is 0 Å². The van der Waals surface area contributed by atoms with Gasteiger partial charge in [-0.05, 0) is 0 Å². The molecule has 1 N–H and O–H groups in total. The van der Waals surface area contributed by atoms with Gasteiger partial charge in [-0.1, -0.05) is 0 Å². The van der Waals surface area contributed by atoms with Crippen LogP contribution in [0, 0.1) is 0 Å². The summed E-state index contributed by atoms with van der Waals surface area (Å²) in [6, 6.07) is 10.1. The first kappa shape index (κ1) is 10.4. The van der Waals surface area contributed by atoms with Gasteiger partial charge in [0.2, 0.25) is 0 Å². The molecule has 1 aromatic heterocycles. The first-order valence-corrected chi connectivity index (χ1v) is 6.74. The fourth-order valence-corrected chi connectivity index (χ4v) is 3.07. The third kappa shape index (κ3) is 2.91. The number of anilines is 2. The van der Waals surface area contributed by atoms with Crippen molar-refractivity contribution in [2.24, 2.45) is 0 Å². The maximum atomic E-state index is 4.17. The zero-order valence-corrected chi connectivity index (χ0v) is 10.3. The Kier molecular flexibility index (Phi) is 3.54. The van der Waals surface area contributed by atoms with Crippen LogP contribution in [-0.2, 0) is 6.42 Å². The molecule has 0 aliphatic heterocycles. The summed E-state index contributed by atoms with van der Waals surface area (Å²) in [7, 11) is 0. The first-order chi connectivity index (χ1) is 7.38. The van der Waals surface area contributed by atoms with E-state index in [1.165, 1.54) is 4.57 Å². The van der Waals surface area contributed by atoms with Gasteiger partial charge in [-0.15, -0.1) is 0 Å². The van der Waals surface area contributed by atoms with Crippen LogP contribution in [0.1, 0.15) is 17.9 Å². The summed E-state index contributed by atoms with van der Waals surface area (Å²) in [5, 5.41) is 11.6. The van der Waals surface area contributed by atoms with Crippen molar-refractivity contribution >= 4 is 24.9 Å². The minimum absolute atomic E-state index is 0.297. The molecule has 0 radical (unpaired) electrons. The quantitative estimate of drug-likeness (QED) is 0.862. The SMILES string of the molecule is CCCc1nnc(Nc2ccccc2)[se]1. The Labute approximate surface area is 95.3 Å². The second kappa shape index (κ2) is 5.10. The third-order valence-corrected chi connectivity index (χ3v) is 3.84. The van der Waals surface area contributed by atoms with Gasteiger partial charge < -0.3 is 0 Å². The monoisotopic (exact) mass is 267 g/mol. The molecule has 0 aliphatic rings. The molecule has 0 spiro atoms. The Morgan fingerprint density at radius 2 is 2.00 bits per heavy atom. The van der Waals surface area contributed by atoms with E-state index in [0.717, 1.165) is 23.2 Å². The van der Waals surface area contributed by atoms with Crippen molar-refractivity contribution in [1.82, 2.24) is 10.2 Å². The maximum absolute atomic E-state index is 4.17. The molecule has 0 fully saturated rings. The second-order valence-electron chi connectivity index (χ2n) is 3.24. The number of hydrogen-bond acceptors (Lipinski definition) is 3. The summed E-state index contributed by atoms with van der Waals surface area (Å²) >= 11 is 0.297. The standard InChI is InChI=1S/C11H13N3Se/c1-2-6-10-13-14-11(15-10)12-9-7-4-3-5-8-9/h3-5,7-8H,2,6H2,1H3,(H,12,14). The molecule has 0 bridgehead atoms. The van der Waals surface area contributed by atoms with Crippen LogP contribution in [0.3, 0.4) is 0 Å². The molecule has 0 unspecified atom stereocenters. The molecule has 78 valence electrons. The van der Waals surface area contributed by atoms with Gasteiger partial charge in [-0.25, -0.2) is 0 Å². The van der Waals surface area contributed by atoms with Gasteiger partial charge in [0, 0.05) is 0 Å². The molecule has 4 heteroatoms. The molecule has 0 saturated carbocycles. The van der Waals surface area contributed by atoms with Crippen LogP contribution in [0.5, 0.6) is 0 Å². The van der Waals surface area contributed by atoms with E-state index in [1.54, 1.807) is 0 Å². The van der Waals surface area contributed by atoms with Crippen LogP contribution in [0.4, 0.5) is 10.4 Å². The van der Waals surface area contributed by atoms with E-state index in [0.29, 0.717) is 14.5 Å². The van der Waals surface area contributed by atoms with Crippen LogP contribution in [-0.4, -0.2) is 24.7 Å². The topological polar surface area (TPSA) is 37.8 Å². The fourth-order valence-electron chi connectivity index (χ4n) is 1.26. The number of aromatic nitrogens is 2. The van der Waals surface area contributed by atoms with E-state index in [1.807, 2.05) is 30.3 Å². The zero-order valence-electron chi connectivity index (χ0n) is 8.60. The van der Waals surface area contributed by atoms with E-state index in [4.69, 9.17) is 0 Å². The van der Waals surface area contributed by atoms with Gasteiger partial charge in [0.15, 0.2) is 0 Å². The molecule has 0 atom stereocenters. The van der Waals surface area contributed by atoms with Crippen molar-refractivity contribution in [3.8, 4) is 0 Å². The molecule has 0 aliphatic carbocycles. The minimum atomic E-state index is 0.297. The molecule has 1 aromatic carbocycles. The van der Waals surface area contributed by atoms with Gasteiger partial charge in [-0.3, -0.25) is 0 Å². The van der Waals surface area contributed by atoms with Crippen LogP contribution < -0.4 is 5.32 Å². The number of nitrogens with one attached hydrogen (secondary N) is 1. The van der Waals surface area contributed by atoms with Crippen molar-refractivity contribution in [2.75, 3.05) is 5.32 Å². The average Bonchev–Trinajstić information content (AvgIpc) is 2.68. The number of benzene rings is 1. The van der Waals surface area contributed by atoms with Crippen molar-refractivity contribution in [2.45, 2.75) is 19.8 Å². The molecule has 1 heterocycles. The number of hydrogen-bond donors (Lipinski definition) is 1. The summed E-state index contributed by atoms with van der Waals surface area (Å²) in [6.45, 7) is 2.17. The summed E-state index contributed by atoms with van der Waals surface area (Å²) < 4.78 is 2.25. The molecular weight excluding hydrogens is 253 g/mol. The molecule has 2 aromatic rings. The van der Waals surface area contributed by atoms with E-state index < -0.39 is 0 Å².